The fourth-order valence-corrected chi connectivity index (χ4v) is 4.52. The van der Waals surface area contributed by atoms with Gasteiger partial charge in [-0.1, -0.05) is 24.6 Å². The molecule has 2 aromatic heterocycles. The van der Waals surface area contributed by atoms with E-state index in [2.05, 4.69) is 16.7 Å². The third-order valence-corrected chi connectivity index (χ3v) is 6.46. The minimum atomic E-state index is -0.576. The topological polar surface area (TPSA) is 101 Å². The van der Waals surface area contributed by atoms with Crippen LogP contribution >= 0.6 is 11.6 Å². The highest BCUT2D eigenvalue weighted by molar-refractivity contribution is 6.35. The maximum absolute atomic E-state index is 13.4. The summed E-state index contributed by atoms with van der Waals surface area (Å²) in [6.07, 6.45) is 1.16. The summed E-state index contributed by atoms with van der Waals surface area (Å²) < 4.78 is 10.5. The van der Waals surface area contributed by atoms with Gasteiger partial charge in [-0.05, 0) is 49.5 Å². The van der Waals surface area contributed by atoms with E-state index < -0.39 is 12.3 Å². The van der Waals surface area contributed by atoms with Crippen LogP contribution in [-0.4, -0.2) is 70.9 Å². The normalized spacial score (nSPS) is 15.9. The highest BCUT2D eigenvalue weighted by Gasteiger charge is 2.33. The number of aliphatic imine (C=N–C) groups is 1. The van der Waals surface area contributed by atoms with Gasteiger partial charge in [0, 0.05) is 29.6 Å². The number of hydrogen-bond acceptors (Lipinski definition) is 7. The molecule has 1 saturated heterocycles. The monoisotopic (exact) mass is 505 g/mol. The van der Waals surface area contributed by atoms with Crippen molar-refractivity contribution in [3.8, 4) is 11.3 Å². The first-order valence-electron chi connectivity index (χ1n) is 11.6. The molecule has 2 amide bonds. The second kappa shape index (κ2) is 9.94. The van der Waals surface area contributed by atoms with Crippen molar-refractivity contribution in [2.45, 2.75) is 19.5 Å². The number of carbonyl (C=O) groups is 2. The van der Waals surface area contributed by atoms with Crippen molar-refractivity contribution >= 4 is 52.3 Å². The number of hydrogen-bond donors (Lipinski definition) is 0. The largest absolute Gasteiger partial charge is 0.449 e. The Bertz CT molecular complexity index is 1470. The molecule has 2 aromatic carbocycles. The van der Waals surface area contributed by atoms with Crippen molar-refractivity contribution in [3.05, 3.63) is 59.4 Å². The Morgan fingerprint density at radius 1 is 1.19 bits per heavy atom. The summed E-state index contributed by atoms with van der Waals surface area (Å²) in [5.41, 5.74) is 3.93. The van der Waals surface area contributed by atoms with E-state index in [-0.39, 0.29) is 12.5 Å². The molecule has 3 heterocycles. The van der Waals surface area contributed by atoms with Crippen LogP contribution in [0.25, 0.3) is 33.3 Å². The van der Waals surface area contributed by atoms with Crippen LogP contribution in [0.5, 0.6) is 0 Å². The number of fused-ring (bicyclic) bond motifs is 2. The van der Waals surface area contributed by atoms with Gasteiger partial charge in [0.15, 0.2) is 12.0 Å². The molecular formula is C26H24ClN5O4. The van der Waals surface area contributed by atoms with Crippen molar-refractivity contribution < 1.29 is 18.7 Å². The summed E-state index contributed by atoms with van der Waals surface area (Å²) in [5.74, 6) is -0.219. The molecule has 0 bridgehead atoms. The Labute approximate surface area is 212 Å². The lowest BCUT2D eigenvalue weighted by Gasteiger charge is -2.38. The molecule has 5 rings (SSSR count). The van der Waals surface area contributed by atoms with Crippen LogP contribution in [0.1, 0.15) is 23.7 Å². The predicted octanol–water partition coefficient (Wildman–Crippen LogP) is 5.03. The zero-order valence-corrected chi connectivity index (χ0v) is 20.4. The van der Waals surface area contributed by atoms with Gasteiger partial charge in [-0.2, -0.15) is 0 Å². The molecule has 1 unspecified atom stereocenters. The summed E-state index contributed by atoms with van der Waals surface area (Å²) >= 11 is 6.58. The molecule has 9 nitrogen and oxygen atoms in total. The van der Waals surface area contributed by atoms with E-state index in [9.17, 15) is 9.59 Å². The number of piperazine rings is 1. The van der Waals surface area contributed by atoms with E-state index in [0.717, 1.165) is 22.9 Å². The molecule has 1 fully saturated rings. The van der Waals surface area contributed by atoms with Crippen molar-refractivity contribution in [3.63, 3.8) is 0 Å². The van der Waals surface area contributed by atoms with Crippen LogP contribution in [0.4, 0.5) is 4.79 Å². The fraction of sp³-hybridized carbons (Fsp3) is 0.269. The number of amides is 2. The van der Waals surface area contributed by atoms with E-state index in [4.69, 9.17) is 25.7 Å². The molecule has 36 heavy (non-hydrogen) atoms. The molecule has 1 aliphatic rings. The minimum absolute atomic E-state index is 0.219. The van der Waals surface area contributed by atoms with Gasteiger partial charge in [0.25, 0.3) is 5.91 Å². The SMILES string of the molecule is C=NC1CN(C(=O)OCCC)CCN1C(=O)c1ccc2c(Cl)cc(-c3ccc4ocnc4c3)nc2c1. The molecule has 0 N–H and O–H groups in total. The van der Waals surface area contributed by atoms with E-state index in [1.54, 1.807) is 34.1 Å². The zero-order chi connectivity index (χ0) is 25.2. The number of aromatic nitrogens is 2. The van der Waals surface area contributed by atoms with Crippen LogP contribution in [0.3, 0.4) is 0 Å². The third-order valence-electron chi connectivity index (χ3n) is 6.15. The lowest BCUT2D eigenvalue weighted by atomic mass is 10.1. The molecule has 0 saturated carbocycles. The number of benzene rings is 2. The van der Waals surface area contributed by atoms with Gasteiger partial charge in [0.2, 0.25) is 0 Å². The number of ether oxygens (including phenoxy) is 1. The van der Waals surface area contributed by atoms with E-state index in [1.165, 1.54) is 6.39 Å². The van der Waals surface area contributed by atoms with Crippen LogP contribution in [-0.2, 0) is 4.74 Å². The molecule has 0 radical (unpaired) electrons. The van der Waals surface area contributed by atoms with Crippen LogP contribution in [0.2, 0.25) is 5.02 Å². The number of pyridine rings is 1. The molecule has 0 aliphatic carbocycles. The van der Waals surface area contributed by atoms with Gasteiger partial charge < -0.3 is 19.0 Å². The Morgan fingerprint density at radius 3 is 2.86 bits per heavy atom. The Balaban J connectivity index is 1.42. The minimum Gasteiger partial charge on any atom is -0.449 e. The summed E-state index contributed by atoms with van der Waals surface area (Å²) in [6.45, 7) is 6.80. The Hall–Kier alpha value is -3.98. The Kier molecular flexibility index (Phi) is 6.56. The number of carbonyl (C=O) groups excluding carboxylic acids is 2. The highest BCUT2D eigenvalue weighted by Crippen LogP contribution is 2.30. The lowest BCUT2D eigenvalue weighted by Crippen LogP contribution is -2.56. The van der Waals surface area contributed by atoms with Crippen molar-refractivity contribution in [1.29, 1.82) is 0 Å². The van der Waals surface area contributed by atoms with Gasteiger partial charge >= 0.3 is 6.09 Å². The second-order valence-electron chi connectivity index (χ2n) is 8.48. The smallest absolute Gasteiger partial charge is 0.409 e. The molecule has 4 aromatic rings. The molecule has 0 spiro atoms. The lowest BCUT2D eigenvalue weighted by molar-refractivity contribution is 0.0398. The maximum atomic E-state index is 13.4. The van der Waals surface area contributed by atoms with Crippen molar-refractivity contribution in [1.82, 2.24) is 19.8 Å². The fourth-order valence-electron chi connectivity index (χ4n) is 4.25. The highest BCUT2D eigenvalue weighted by atomic mass is 35.5. The first kappa shape index (κ1) is 23.7. The van der Waals surface area contributed by atoms with Crippen molar-refractivity contribution in [2.75, 3.05) is 26.2 Å². The average Bonchev–Trinajstić information content (AvgIpc) is 3.38. The number of oxazole rings is 1. The number of nitrogens with zero attached hydrogens (tertiary/aromatic N) is 5. The number of halogens is 1. The molecule has 184 valence electrons. The van der Waals surface area contributed by atoms with Crippen LogP contribution in [0, 0.1) is 0 Å². The number of rotatable bonds is 5. The van der Waals surface area contributed by atoms with E-state index in [0.29, 0.717) is 47.1 Å². The summed E-state index contributed by atoms with van der Waals surface area (Å²) in [5, 5.41) is 1.26. The molecule has 1 aliphatic heterocycles. The van der Waals surface area contributed by atoms with Gasteiger partial charge in [0.05, 0.1) is 29.4 Å². The predicted molar refractivity (Wildman–Crippen MR) is 137 cm³/mol. The van der Waals surface area contributed by atoms with Gasteiger partial charge in [-0.25, -0.2) is 14.8 Å². The molecular weight excluding hydrogens is 482 g/mol. The standard InChI is InChI=1S/C26H24ClN5O4/c1-3-10-35-26(34)31-8-9-32(24(14-31)28-2)25(33)17-4-6-18-19(27)13-20(30-21(18)12-17)16-5-7-23-22(11-16)29-15-36-23/h4-7,11-13,15,24H,2-3,8-10,14H2,1H3. The zero-order valence-electron chi connectivity index (χ0n) is 19.7. The second-order valence-corrected chi connectivity index (χ2v) is 8.89. The third kappa shape index (κ3) is 4.49. The van der Waals surface area contributed by atoms with Gasteiger partial charge in [-0.3, -0.25) is 9.79 Å². The summed E-state index contributed by atoms with van der Waals surface area (Å²) in [6, 6.07) is 12.6. The van der Waals surface area contributed by atoms with E-state index >= 15 is 0 Å². The van der Waals surface area contributed by atoms with Crippen LogP contribution < -0.4 is 0 Å². The van der Waals surface area contributed by atoms with E-state index in [1.807, 2.05) is 25.1 Å². The average molecular weight is 506 g/mol. The quantitative estimate of drug-likeness (QED) is 0.353. The van der Waals surface area contributed by atoms with Gasteiger partial charge in [-0.15, -0.1) is 0 Å². The van der Waals surface area contributed by atoms with Crippen molar-refractivity contribution in [2.24, 2.45) is 4.99 Å². The summed E-state index contributed by atoms with van der Waals surface area (Å²) in [4.78, 5) is 41.9. The maximum Gasteiger partial charge on any atom is 0.409 e. The van der Waals surface area contributed by atoms with Gasteiger partial charge in [0.1, 0.15) is 11.7 Å². The first-order valence-corrected chi connectivity index (χ1v) is 12.0. The Morgan fingerprint density at radius 2 is 2.06 bits per heavy atom. The van der Waals surface area contributed by atoms with Crippen LogP contribution in [0.15, 0.2) is 58.3 Å². The molecule has 1 atom stereocenters. The first-order chi connectivity index (χ1) is 17.5. The molecule has 10 heteroatoms. The summed E-state index contributed by atoms with van der Waals surface area (Å²) in [7, 11) is 0.